The van der Waals surface area contributed by atoms with E-state index in [0.717, 1.165) is 34.4 Å². The van der Waals surface area contributed by atoms with Crippen LogP contribution in [0.25, 0.3) is 22.2 Å². The topological polar surface area (TPSA) is 53.5 Å². The van der Waals surface area contributed by atoms with Gasteiger partial charge in [-0.25, -0.2) is 15.1 Å². The lowest BCUT2D eigenvalue weighted by molar-refractivity contribution is 0.318. The number of nitriles is 1. The van der Waals surface area contributed by atoms with Gasteiger partial charge in [0.15, 0.2) is 5.13 Å². The number of benzene rings is 1. The first-order valence-corrected chi connectivity index (χ1v) is 11.1. The third-order valence-electron chi connectivity index (χ3n) is 5.14. The molecule has 154 valence electrons. The van der Waals surface area contributed by atoms with Crippen molar-refractivity contribution >= 4 is 22.5 Å². The fourth-order valence-electron chi connectivity index (χ4n) is 3.65. The lowest BCUT2D eigenvalue weighted by atomic mass is 10.1. The molecule has 0 unspecified atom stereocenters. The average molecular weight is 427 g/mol. The summed E-state index contributed by atoms with van der Waals surface area (Å²) < 4.78 is 5.81. The number of piperidine rings is 1. The van der Waals surface area contributed by atoms with Gasteiger partial charge in [-0.1, -0.05) is 41.7 Å². The number of thiazole rings is 1. The summed E-state index contributed by atoms with van der Waals surface area (Å²) in [5, 5.41) is 10.2. The third-order valence-corrected chi connectivity index (χ3v) is 6.22. The minimum atomic E-state index is 0.0590. The predicted octanol–water partition coefficient (Wildman–Crippen LogP) is 6.33. The summed E-state index contributed by atoms with van der Waals surface area (Å²) in [6.07, 6.45) is 11.0. The van der Waals surface area contributed by atoms with E-state index in [2.05, 4.69) is 21.9 Å². The number of nitrogens with zero attached hydrogens (tertiary/aromatic N) is 4. The van der Waals surface area contributed by atoms with Gasteiger partial charge in [-0.2, -0.15) is 0 Å². The highest BCUT2D eigenvalue weighted by atomic mass is 32.1. The first-order valence-electron chi connectivity index (χ1n) is 10.3. The number of hydrogen-bond donors (Lipinski definition) is 0. The Morgan fingerprint density at radius 3 is 2.68 bits per heavy atom. The molecule has 0 radical (unpaired) electrons. The normalized spacial score (nSPS) is 18.0. The number of allylic oxidation sites excluding steroid dienone is 6. The van der Waals surface area contributed by atoms with Crippen molar-refractivity contribution in [1.82, 2.24) is 4.98 Å². The maximum absolute atomic E-state index is 9.20. The van der Waals surface area contributed by atoms with Gasteiger partial charge in [0.25, 0.3) is 5.70 Å². The molecular weight excluding hydrogens is 404 g/mol. The van der Waals surface area contributed by atoms with Crippen LogP contribution in [0.5, 0.6) is 0 Å². The van der Waals surface area contributed by atoms with Crippen LogP contribution in [0.1, 0.15) is 31.1 Å². The monoisotopic (exact) mass is 426 g/mol. The summed E-state index contributed by atoms with van der Waals surface area (Å²) in [5.74, 6) is 1.24. The van der Waals surface area contributed by atoms with Crippen LogP contribution in [0.15, 0.2) is 71.3 Å². The Morgan fingerprint density at radius 2 is 1.97 bits per heavy atom. The second-order valence-corrected chi connectivity index (χ2v) is 8.40. The first kappa shape index (κ1) is 20.7. The predicted molar refractivity (Wildman–Crippen MR) is 125 cm³/mol. The van der Waals surface area contributed by atoms with Crippen molar-refractivity contribution < 1.29 is 4.74 Å². The van der Waals surface area contributed by atoms with Crippen LogP contribution in [0, 0.1) is 17.9 Å². The van der Waals surface area contributed by atoms with Crippen molar-refractivity contribution in [2.75, 3.05) is 18.0 Å². The standard InChI is InChI=1S/C25H22N4OS/c1-18-15-20(22(17-26)27-2)16-21(30-18)11-12-23-24(19-9-5-3-6-10-19)28-25(31-23)29-13-7-4-8-14-29/h3,5-6,9-12,15-16H,4,7-8,13-14H2,1H3/b12-11+,22-20+. The SMILES string of the molecule is [C-]#[N+]/C(C#N)=C1\C=C(C)OC(/C=C/c2sc(N3CCCCC3)nc2-c2ccccc2)=C1. The number of aromatic nitrogens is 1. The molecule has 1 aromatic carbocycles. The Hall–Kier alpha value is -3.61. The van der Waals surface area contributed by atoms with Crippen LogP contribution >= 0.6 is 11.3 Å². The van der Waals surface area contributed by atoms with Crippen LogP contribution in [0.3, 0.4) is 0 Å². The van der Waals surface area contributed by atoms with E-state index >= 15 is 0 Å². The highest BCUT2D eigenvalue weighted by molar-refractivity contribution is 7.16. The van der Waals surface area contributed by atoms with E-state index < -0.39 is 0 Å². The van der Waals surface area contributed by atoms with Crippen molar-refractivity contribution in [1.29, 1.82) is 5.26 Å². The van der Waals surface area contributed by atoms with Crippen molar-refractivity contribution in [3.63, 3.8) is 0 Å². The molecule has 5 nitrogen and oxygen atoms in total. The van der Waals surface area contributed by atoms with E-state index in [-0.39, 0.29) is 5.70 Å². The molecule has 0 spiro atoms. The van der Waals surface area contributed by atoms with Gasteiger partial charge >= 0.3 is 0 Å². The van der Waals surface area contributed by atoms with Gasteiger partial charge in [-0.15, -0.1) is 0 Å². The van der Waals surface area contributed by atoms with E-state index in [1.807, 2.05) is 43.3 Å². The highest BCUT2D eigenvalue weighted by Crippen LogP contribution is 2.35. The molecule has 2 aromatic rings. The zero-order valence-electron chi connectivity index (χ0n) is 17.3. The summed E-state index contributed by atoms with van der Waals surface area (Å²) in [4.78, 5) is 11.7. The van der Waals surface area contributed by atoms with Crippen LogP contribution < -0.4 is 4.90 Å². The molecule has 0 amide bonds. The van der Waals surface area contributed by atoms with Gasteiger partial charge in [0, 0.05) is 18.7 Å². The molecule has 0 atom stereocenters. The molecule has 31 heavy (non-hydrogen) atoms. The average Bonchev–Trinajstić information content (AvgIpc) is 3.24. The second-order valence-electron chi connectivity index (χ2n) is 7.39. The van der Waals surface area contributed by atoms with E-state index in [4.69, 9.17) is 16.3 Å². The van der Waals surface area contributed by atoms with Gasteiger partial charge in [0.05, 0.1) is 23.2 Å². The van der Waals surface area contributed by atoms with E-state index in [1.165, 1.54) is 19.3 Å². The number of ether oxygens (including phenoxy) is 1. The summed E-state index contributed by atoms with van der Waals surface area (Å²) in [6, 6.07) is 12.1. The quantitative estimate of drug-likeness (QED) is 0.423. The molecule has 0 saturated carbocycles. The van der Waals surface area contributed by atoms with Gasteiger partial charge in [-0.3, -0.25) is 0 Å². The fourth-order valence-corrected chi connectivity index (χ4v) is 4.69. The molecule has 1 saturated heterocycles. The third kappa shape index (κ3) is 4.77. The Balaban J connectivity index is 1.69. The zero-order valence-corrected chi connectivity index (χ0v) is 18.2. The van der Waals surface area contributed by atoms with Crippen LogP contribution in [-0.2, 0) is 4.74 Å². The summed E-state index contributed by atoms with van der Waals surface area (Å²) >= 11 is 1.68. The Kier molecular flexibility index (Phi) is 6.31. The molecule has 0 N–H and O–H groups in total. The minimum absolute atomic E-state index is 0.0590. The molecule has 1 aromatic heterocycles. The first-order chi connectivity index (χ1) is 15.2. The maximum Gasteiger partial charge on any atom is 0.269 e. The Morgan fingerprint density at radius 1 is 1.19 bits per heavy atom. The molecule has 3 heterocycles. The summed E-state index contributed by atoms with van der Waals surface area (Å²) in [7, 11) is 0. The Labute approximate surface area is 186 Å². The van der Waals surface area contributed by atoms with Crippen LogP contribution in [0.4, 0.5) is 5.13 Å². The number of hydrogen-bond acceptors (Lipinski definition) is 5. The molecule has 0 aliphatic carbocycles. The molecule has 2 aliphatic heterocycles. The molecule has 6 heteroatoms. The molecule has 0 bridgehead atoms. The maximum atomic E-state index is 9.20. The number of rotatable bonds is 4. The van der Waals surface area contributed by atoms with Crippen LogP contribution in [0.2, 0.25) is 0 Å². The lowest BCUT2D eigenvalue weighted by Gasteiger charge is -2.25. The van der Waals surface area contributed by atoms with Crippen LogP contribution in [-0.4, -0.2) is 18.1 Å². The van der Waals surface area contributed by atoms with Crippen molar-refractivity contribution in [2.45, 2.75) is 26.2 Å². The van der Waals surface area contributed by atoms with E-state index in [1.54, 1.807) is 23.5 Å². The smallest absolute Gasteiger partial charge is 0.269 e. The van der Waals surface area contributed by atoms with Crippen molar-refractivity contribution in [3.05, 3.63) is 87.6 Å². The summed E-state index contributed by atoms with van der Waals surface area (Å²) in [5.41, 5.74) is 2.67. The molecule has 2 aliphatic rings. The molecular formula is C25H22N4OS. The van der Waals surface area contributed by atoms with Gasteiger partial charge in [0.2, 0.25) is 0 Å². The fraction of sp³-hybridized carbons (Fsp3) is 0.240. The van der Waals surface area contributed by atoms with Gasteiger partial charge in [0.1, 0.15) is 11.5 Å². The largest absolute Gasteiger partial charge is 0.462 e. The highest BCUT2D eigenvalue weighted by Gasteiger charge is 2.18. The van der Waals surface area contributed by atoms with E-state index in [9.17, 15) is 5.26 Å². The van der Waals surface area contributed by atoms with Gasteiger partial charge < -0.3 is 9.64 Å². The zero-order chi connectivity index (χ0) is 21.6. The lowest BCUT2D eigenvalue weighted by Crippen LogP contribution is -2.29. The number of anilines is 1. The van der Waals surface area contributed by atoms with Crippen molar-refractivity contribution in [2.24, 2.45) is 0 Å². The van der Waals surface area contributed by atoms with Crippen molar-refractivity contribution in [3.8, 4) is 17.3 Å². The Bertz CT molecular complexity index is 1150. The summed E-state index contributed by atoms with van der Waals surface area (Å²) in [6.45, 7) is 11.1. The van der Waals surface area contributed by atoms with E-state index in [0.29, 0.717) is 17.1 Å². The molecule has 4 rings (SSSR count). The molecule has 1 fully saturated rings. The minimum Gasteiger partial charge on any atom is -0.462 e. The van der Waals surface area contributed by atoms with Gasteiger partial charge in [-0.05, 0) is 56.1 Å². The second kappa shape index (κ2) is 9.47.